The molecule has 1 saturated carbocycles. The van der Waals surface area contributed by atoms with Gasteiger partial charge in [0.15, 0.2) is 0 Å². The molecule has 0 spiro atoms. The molecule has 2 aliphatic rings. The van der Waals surface area contributed by atoms with Crippen molar-refractivity contribution in [1.82, 2.24) is 15.1 Å². The van der Waals surface area contributed by atoms with Crippen LogP contribution in [0.25, 0.3) is 0 Å². The zero-order valence-corrected chi connectivity index (χ0v) is 15.0. The molecule has 1 heterocycles. The van der Waals surface area contributed by atoms with Crippen LogP contribution in [-0.2, 0) is 11.3 Å². The van der Waals surface area contributed by atoms with Gasteiger partial charge in [0.1, 0.15) is 0 Å². The Hall–Kier alpha value is -1.39. The van der Waals surface area contributed by atoms with Crippen LogP contribution in [0.1, 0.15) is 44.6 Å². The number of rotatable bonds is 5. The summed E-state index contributed by atoms with van der Waals surface area (Å²) in [5, 5.41) is 3.11. The van der Waals surface area contributed by atoms with Crippen molar-refractivity contribution in [3.8, 4) is 0 Å². The van der Waals surface area contributed by atoms with Gasteiger partial charge in [0.25, 0.3) is 0 Å². The highest BCUT2D eigenvalue weighted by molar-refractivity contribution is 5.72. The number of benzene rings is 1. The van der Waals surface area contributed by atoms with Crippen LogP contribution in [-0.4, -0.2) is 54.0 Å². The second-order valence-electron chi connectivity index (χ2n) is 7.44. The highest BCUT2D eigenvalue weighted by Gasteiger charge is 2.39. The lowest BCUT2D eigenvalue weighted by atomic mass is 9.79. The first kappa shape index (κ1) is 17.4. The van der Waals surface area contributed by atoms with Crippen LogP contribution in [0.4, 0.5) is 0 Å². The predicted molar refractivity (Wildman–Crippen MR) is 97.8 cm³/mol. The molecule has 0 bridgehead atoms. The molecule has 1 aliphatic carbocycles. The summed E-state index contributed by atoms with van der Waals surface area (Å²) >= 11 is 0. The minimum Gasteiger partial charge on any atom is -0.354 e. The number of piperazine rings is 1. The van der Waals surface area contributed by atoms with Gasteiger partial charge in [0, 0.05) is 51.7 Å². The van der Waals surface area contributed by atoms with Crippen molar-refractivity contribution in [2.24, 2.45) is 0 Å². The lowest BCUT2D eigenvalue weighted by molar-refractivity contribution is -0.120. The average molecular weight is 329 g/mol. The molecule has 1 aromatic carbocycles. The highest BCUT2D eigenvalue weighted by Crippen LogP contribution is 2.34. The van der Waals surface area contributed by atoms with Crippen LogP contribution in [0.5, 0.6) is 0 Å². The summed E-state index contributed by atoms with van der Waals surface area (Å²) in [6.07, 6.45) is 6.39. The molecule has 3 rings (SSSR count). The molecule has 1 amide bonds. The molecule has 0 atom stereocenters. The molecule has 1 saturated heterocycles. The van der Waals surface area contributed by atoms with E-state index in [0.717, 1.165) is 39.3 Å². The van der Waals surface area contributed by atoms with Gasteiger partial charge in [-0.05, 0) is 18.4 Å². The van der Waals surface area contributed by atoms with Gasteiger partial charge < -0.3 is 5.32 Å². The number of nitrogens with one attached hydrogen (secondary N) is 1. The Morgan fingerprint density at radius 3 is 2.33 bits per heavy atom. The number of carbonyl (C=O) groups excluding carboxylic acids is 1. The van der Waals surface area contributed by atoms with E-state index in [4.69, 9.17) is 0 Å². The molecule has 0 unspecified atom stereocenters. The van der Waals surface area contributed by atoms with Gasteiger partial charge in [-0.2, -0.15) is 0 Å². The second kappa shape index (κ2) is 8.13. The maximum absolute atomic E-state index is 11.4. The largest absolute Gasteiger partial charge is 0.354 e. The zero-order chi connectivity index (χ0) is 16.8. The molecule has 24 heavy (non-hydrogen) atoms. The lowest BCUT2D eigenvalue weighted by Crippen LogP contribution is -2.61. The molecule has 0 radical (unpaired) electrons. The van der Waals surface area contributed by atoms with E-state index in [9.17, 15) is 4.79 Å². The number of amides is 1. The third-order valence-electron chi connectivity index (χ3n) is 5.74. The van der Waals surface area contributed by atoms with Gasteiger partial charge >= 0.3 is 0 Å². The average Bonchev–Trinajstić information content (AvgIpc) is 2.62. The standard InChI is InChI=1S/C20H31N3O/c1-18(24)21-17-20(10-6-3-7-11-20)23-14-12-22(13-15-23)16-19-8-4-2-5-9-19/h2,4-5,8-9H,3,6-7,10-17H2,1H3,(H,21,24). The van der Waals surface area contributed by atoms with E-state index in [1.165, 1.54) is 37.7 Å². The third kappa shape index (κ3) is 4.37. The van der Waals surface area contributed by atoms with Crippen LogP contribution >= 0.6 is 0 Å². The minimum absolute atomic E-state index is 0.0997. The van der Waals surface area contributed by atoms with Crippen molar-refractivity contribution in [3.63, 3.8) is 0 Å². The van der Waals surface area contributed by atoms with Gasteiger partial charge in [-0.1, -0.05) is 49.6 Å². The normalized spacial score (nSPS) is 22.2. The van der Waals surface area contributed by atoms with Crippen LogP contribution in [0.15, 0.2) is 30.3 Å². The number of nitrogens with zero attached hydrogens (tertiary/aromatic N) is 2. The van der Waals surface area contributed by atoms with Crippen molar-refractivity contribution in [1.29, 1.82) is 0 Å². The molecule has 0 aromatic heterocycles. The first-order valence-electron chi connectivity index (χ1n) is 9.44. The summed E-state index contributed by atoms with van der Waals surface area (Å²) < 4.78 is 0. The summed E-state index contributed by atoms with van der Waals surface area (Å²) in [6, 6.07) is 10.7. The summed E-state index contributed by atoms with van der Waals surface area (Å²) in [6.45, 7) is 7.98. The molecule has 132 valence electrons. The Kier molecular flexibility index (Phi) is 5.90. The van der Waals surface area contributed by atoms with Gasteiger partial charge in [0.05, 0.1) is 0 Å². The molecule has 4 heteroatoms. The maximum Gasteiger partial charge on any atom is 0.216 e. The maximum atomic E-state index is 11.4. The predicted octanol–water partition coefficient (Wildman–Crippen LogP) is 2.64. The van der Waals surface area contributed by atoms with E-state index >= 15 is 0 Å². The van der Waals surface area contributed by atoms with E-state index in [2.05, 4.69) is 45.4 Å². The monoisotopic (exact) mass is 329 g/mol. The van der Waals surface area contributed by atoms with Crippen molar-refractivity contribution >= 4 is 5.91 Å². The summed E-state index contributed by atoms with van der Waals surface area (Å²) in [7, 11) is 0. The topological polar surface area (TPSA) is 35.6 Å². The Balaban J connectivity index is 1.57. The van der Waals surface area contributed by atoms with Gasteiger partial charge in [-0.25, -0.2) is 0 Å². The first-order chi connectivity index (χ1) is 11.7. The fraction of sp³-hybridized carbons (Fsp3) is 0.650. The number of carbonyl (C=O) groups is 1. The summed E-state index contributed by atoms with van der Waals surface area (Å²) in [5.74, 6) is 0.0997. The SMILES string of the molecule is CC(=O)NCC1(N2CCN(Cc3ccccc3)CC2)CCCCC1. The molecule has 1 aliphatic heterocycles. The van der Waals surface area contributed by atoms with Crippen LogP contribution in [0.2, 0.25) is 0 Å². The molecule has 1 aromatic rings. The van der Waals surface area contributed by atoms with Crippen LogP contribution in [0.3, 0.4) is 0 Å². The molecule has 2 fully saturated rings. The van der Waals surface area contributed by atoms with Crippen molar-refractivity contribution < 1.29 is 4.79 Å². The fourth-order valence-corrected chi connectivity index (χ4v) is 4.33. The van der Waals surface area contributed by atoms with Crippen molar-refractivity contribution in [2.45, 2.75) is 51.1 Å². The van der Waals surface area contributed by atoms with Crippen LogP contribution in [0, 0.1) is 0 Å². The summed E-state index contributed by atoms with van der Waals surface area (Å²) in [5.41, 5.74) is 1.60. The van der Waals surface area contributed by atoms with E-state index < -0.39 is 0 Å². The Morgan fingerprint density at radius 2 is 1.71 bits per heavy atom. The highest BCUT2D eigenvalue weighted by atomic mass is 16.1. The Labute approximate surface area is 146 Å². The zero-order valence-electron chi connectivity index (χ0n) is 15.0. The Morgan fingerprint density at radius 1 is 1.04 bits per heavy atom. The smallest absolute Gasteiger partial charge is 0.216 e. The van der Waals surface area contributed by atoms with E-state index in [1.807, 2.05) is 0 Å². The molecular formula is C20H31N3O. The quantitative estimate of drug-likeness (QED) is 0.902. The molecule has 4 nitrogen and oxygen atoms in total. The third-order valence-corrected chi connectivity index (χ3v) is 5.74. The van der Waals surface area contributed by atoms with Crippen molar-refractivity contribution in [3.05, 3.63) is 35.9 Å². The van der Waals surface area contributed by atoms with Crippen LogP contribution < -0.4 is 5.32 Å². The van der Waals surface area contributed by atoms with Gasteiger partial charge in [0.2, 0.25) is 5.91 Å². The second-order valence-corrected chi connectivity index (χ2v) is 7.44. The van der Waals surface area contributed by atoms with Gasteiger partial charge in [-0.3, -0.25) is 14.6 Å². The molecule has 1 N–H and O–H groups in total. The van der Waals surface area contributed by atoms with Gasteiger partial charge in [-0.15, -0.1) is 0 Å². The molecular weight excluding hydrogens is 298 g/mol. The number of hydrogen-bond acceptors (Lipinski definition) is 3. The number of hydrogen-bond donors (Lipinski definition) is 1. The van der Waals surface area contributed by atoms with E-state index in [1.54, 1.807) is 6.92 Å². The minimum atomic E-state index is 0.0997. The lowest BCUT2D eigenvalue weighted by Gasteiger charge is -2.50. The van der Waals surface area contributed by atoms with Crippen molar-refractivity contribution in [2.75, 3.05) is 32.7 Å². The van der Waals surface area contributed by atoms with E-state index in [0.29, 0.717) is 0 Å². The first-order valence-corrected chi connectivity index (χ1v) is 9.44. The fourth-order valence-electron chi connectivity index (χ4n) is 4.33. The van der Waals surface area contributed by atoms with E-state index in [-0.39, 0.29) is 11.4 Å². The Bertz CT molecular complexity index is 517. The summed E-state index contributed by atoms with van der Waals surface area (Å²) in [4.78, 5) is 16.7.